The Labute approximate surface area is 206 Å². The van der Waals surface area contributed by atoms with Crippen molar-refractivity contribution in [2.45, 2.75) is 57.2 Å². The molecule has 1 aliphatic carbocycles. The van der Waals surface area contributed by atoms with Crippen LogP contribution in [0.4, 0.5) is 10.5 Å². The van der Waals surface area contributed by atoms with E-state index in [2.05, 4.69) is 20.9 Å². The lowest BCUT2D eigenvalue weighted by Crippen LogP contribution is -2.57. The lowest BCUT2D eigenvalue weighted by atomic mass is 9.95. The van der Waals surface area contributed by atoms with Crippen LogP contribution in [-0.2, 0) is 22.7 Å². The Morgan fingerprint density at radius 3 is 2.31 bits per heavy atom. The number of nitrogens with zero attached hydrogens (tertiary/aromatic N) is 1. The van der Waals surface area contributed by atoms with Crippen molar-refractivity contribution in [1.29, 1.82) is 0 Å². The van der Waals surface area contributed by atoms with Gasteiger partial charge in [0.15, 0.2) is 0 Å². The first-order valence-corrected chi connectivity index (χ1v) is 12.5. The maximum Gasteiger partial charge on any atom is 0.315 e. The van der Waals surface area contributed by atoms with Crippen molar-refractivity contribution >= 4 is 23.5 Å². The average Bonchev–Trinajstić information content (AvgIpc) is 3.34. The van der Waals surface area contributed by atoms with Crippen LogP contribution in [-0.4, -0.2) is 41.4 Å². The number of primary amides is 1. The molecule has 0 radical (unpaired) electrons. The SMILES string of the molecule is NC(=O)C1CCN(Cc2cccc(NC(=O)C3(NC(=O)NCc4ccccc4)CCCC3)c2)CC1. The minimum atomic E-state index is -0.909. The Morgan fingerprint density at radius 2 is 1.63 bits per heavy atom. The van der Waals surface area contributed by atoms with Crippen LogP contribution >= 0.6 is 0 Å². The van der Waals surface area contributed by atoms with E-state index in [4.69, 9.17) is 5.73 Å². The van der Waals surface area contributed by atoms with Gasteiger partial charge in [0, 0.05) is 24.7 Å². The summed E-state index contributed by atoms with van der Waals surface area (Å²) in [5, 5.41) is 8.88. The maximum absolute atomic E-state index is 13.3. The fourth-order valence-electron chi connectivity index (χ4n) is 5.06. The zero-order valence-corrected chi connectivity index (χ0v) is 20.1. The van der Waals surface area contributed by atoms with Gasteiger partial charge in [-0.15, -0.1) is 0 Å². The Balaban J connectivity index is 1.34. The Kier molecular flexibility index (Phi) is 8.02. The fraction of sp³-hybridized carbons (Fsp3) is 0.444. The molecule has 2 fully saturated rings. The number of carbonyl (C=O) groups excluding carboxylic acids is 3. The molecule has 8 nitrogen and oxygen atoms in total. The molecule has 8 heteroatoms. The zero-order chi connectivity index (χ0) is 24.7. The van der Waals surface area contributed by atoms with Crippen LogP contribution in [0, 0.1) is 5.92 Å². The van der Waals surface area contributed by atoms with Crippen molar-refractivity contribution in [3.63, 3.8) is 0 Å². The molecule has 4 amide bonds. The van der Waals surface area contributed by atoms with Crippen LogP contribution in [0.5, 0.6) is 0 Å². The number of amides is 4. The van der Waals surface area contributed by atoms with Crippen LogP contribution < -0.4 is 21.7 Å². The number of likely N-dealkylation sites (tertiary alicyclic amines) is 1. The smallest absolute Gasteiger partial charge is 0.315 e. The van der Waals surface area contributed by atoms with Crippen LogP contribution in [0.25, 0.3) is 0 Å². The minimum absolute atomic E-state index is 0.0307. The van der Waals surface area contributed by atoms with Crippen LogP contribution in [0.2, 0.25) is 0 Å². The summed E-state index contributed by atoms with van der Waals surface area (Å²) in [6.07, 6.45) is 4.60. The molecule has 4 rings (SSSR count). The maximum atomic E-state index is 13.3. The number of urea groups is 1. The first-order chi connectivity index (χ1) is 16.9. The molecular formula is C27H35N5O3. The molecule has 2 aliphatic rings. The van der Waals surface area contributed by atoms with E-state index in [1.54, 1.807) is 0 Å². The molecule has 0 bridgehead atoms. The van der Waals surface area contributed by atoms with E-state index >= 15 is 0 Å². The van der Waals surface area contributed by atoms with Gasteiger partial charge in [-0.05, 0) is 62.0 Å². The number of rotatable bonds is 8. The van der Waals surface area contributed by atoms with Crippen molar-refractivity contribution in [1.82, 2.24) is 15.5 Å². The van der Waals surface area contributed by atoms with Gasteiger partial charge in [0.2, 0.25) is 11.8 Å². The van der Waals surface area contributed by atoms with E-state index in [-0.39, 0.29) is 23.8 Å². The second-order valence-corrected chi connectivity index (χ2v) is 9.69. The van der Waals surface area contributed by atoms with E-state index in [0.29, 0.717) is 19.4 Å². The molecule has 0 atom stereocenters. The quantitative estimate of drug-likeness (QED) is 0.467. The lowest BCUT2D eigenvalue weighted by Gasteiger charge is -2.31. The summed E-state index contributed by atoms with van der Waals surface area (Å²) in [6, 6.07) is 17.2. The minimum Gasteiger partial charge on any atom is -0.369 e. The van der Waals surface area contributed by atoms with Crippen LogP contribution in [0.1, 0.15) is 49.7 Å². The van der Waals surface area contributed by atoms with Crippen LogP contribution in [0.3, 0.4) is 0 Å². The van der Waals surface area contributed by atoms with E-state index in [9.17, 15) is 14.4 Å². The molecule has 0 unspecified atom stereocenters. The summed E-state index contributed by atoms with van der Waals surface area (Å²) in [4.78, 5) is 39.7. The van der Waals surface area contributed by atoms with Gasteiger partial charge in [-0.1, -0.05) is 55.3 Å². The second-order valence-electron chi connectivity index (χ2n) is 9.69. The Hall–Kier alpha value is -3.39. The molecule has 1 saturated carbocycles. The number of nitrogens with one attached hydrogen (secondary N) is 3. The number of nitrogens with two attached hydrogens (primary N) is 1. The summed E-state index contributed by atoms with van der Waals surface area (Å²) >= 11 is 0. The zero-order valence-electron chi connectivity index (χ0n) is 20.1. The van der Waals surface area contributed by atoms with Gasteiger partial charge in [0.25, 0.3) is 0 Å². The van der Waals surface area contributed by atoms with Crippen molar-refractivity contribution in [2.24, 2.45) is 11.7 Å². The number of anilines is 1. The summed E-state index contributed by atoms with van der Waals surface area (Å²) in [7, 11) is 0. The van der Waals surface area contributed by atoms with Gasteiger partial charge in [-0.25, -0.2) is 4.79 Å². The van der Waals surface area contributed by atoms with Crippen molar-refractivity contribution in [3.8, 4) is 0 Å². The predicted molar refractivity (Wildman–Crippen MR) is 135 cm³/mol. The molecule has 5 N–H and O–H groups in total. The predicted octanol–water partition coefficient (Wildman–Crippen LogP) is 3.13. The van der Waals surface area contributed by atoms with Crippen molar-refractivity contribution in [2.75, 3.05) is 18.4 Å². The lowest BCUT2D eigenvalue weighted by molar-refractivity contribution is -0.123. The van der Waals surface area contributed by atoms with Crippen molar-refractivity contribution in [3.05, 3.63) is 65.7 Å². The van der Waals surface area contributed by atoms with Crippen molar-refractivity contribution < 1.29 is 14.4 Å². The van der Waals surface area contributed by atoms with Gasteiger partial charge in [0.05, 0.1) is 0 Å². The molecular weight excluding hydrogens is 442 g/mol. The van der Waals surface area contributed by atoms with Gasteiger partial charge < -0.3 is 21.7 Å². The van der Waals surface area contributed by atoms with Gasteiger partial charge in [-0.3, -0.25) is 14.5 Å². The number of benzene rings is 2. The first-order valence-electron chi connectivity index (χ1n) is 12.5. The van der Waals surface area contributed by atoms with E-state index < -0.39 is 5.54 Å². The average molecular weight is 478 g/mol. The first kappa shape index (κ1) is 24.7. The highest BCUT2D eigenvalue weighted by molar-refractivity contribution is 6.00. The summed E-state index contributed by atoms with van der Waals surface area (Å²) < 4.78 is 0. The third-order valence-corrected chi connectivity index (χ3v) is 7.12. The highest BCUT2D eigenvalue weighted by Gasteiger charge is 2.42. The highest BCUT2D eigenvalue weighted by atomic mass is 16.2. The standard InChI is InChI=1S/C27H35N5O3/c28-24(33)22-11-15-32(16-12-22)19-21-9-6-10-23(17-21)30-25(34)27(13-4-5-14-27)31-26(35)29-18-20-7-2-1-3-8-20/h1-3,6-10,17,22H,4-5,11-16,18-19H2,(H2,28,33)(H,30,34)(H2,29,31,35). The van der Waals surface area contributed by atoms with Gasteiger partial charge in [0.1, 0.15) is 5.54 Å². The fourth-order valence-corrected chi connectivity index (χ4v) is 5.06. The van der Waals surface area contributed by atoms with Crippen LogP contribution in [0.15, 0.2) is 54.6 Å². The topological polar surface area (TPSA) is 117 Å². The van der Waals surface area contributed by atoms with E-state index in [0.717, 1.165) is 62.1 Å². The number of hydrogen-bond donors (Lipinski definition) is 4. The third kappa shape index (κ3) is 6.60. The molecule has 1 saturated heterocycles. The summed E-state index contributed by atoms with van der Waals surface area (Å²) in [5.41, 5.74) is 7.34. The Morgan fingerprint density at radius 1 is 0.943 bits per heavy atom. The summed E-state index contributed by atoms with van der Waals surface area (Å²) in [5.74, 6) is -0.418. The normalized spacial score (nSPS) is 18.1. The molecule has 2 aromatic rings. The monoisotopic (exact) mass is 477 g/mol. The second kappa shape index (κ2) is 11.4. The molecule has 0 aromatic heterocycles. The number of hydrogen-bond acceptors (Lipinski definition) is 4. The molecule has 0 spiro atoms. The number of carbonyl (C=O) groups is 3. The largest absolute Gasteiger partial charge is 0.369 e. The Bertz CT molecular complexity index is 1030. The van der Waals surface area contributed by atoms with E-state index in [1.165, 1.54) is 0 Å². The molecule has 186 valence electrons. The van der Waals surface area contributed by atoms with Gasteiger partial charge >= 0.3 is 6.03 Å². The molecule has 35 heavy (non-hydrogen) atoms. The molecule has 1 heterocycles. The van der Waals surface area contributed by atoms with Gasteiger partial charge in [-0.2, -0.15) is 0 Å². The molecule has 2 aromatic carbocycles. The summed E-state index contributed by atoms with van der Waals surface area (Å²) in [6.45, 7) is 2.81. The highest BCUT2D eigenvalue weighted by Crippen LogP contribution is 2.31. The molecule has 1 aliphatic heterocycles. The third-order valence-electron chi connectivity index (χ3n) is 7.12. The van der Waals surface area contributed by atoms with E-state index in [1.807, 2.05) is 54.6 Å². The number of piperidine rings is 1.